The van der Waals surface area contributed by atoms with Crippen LogP contribution in [0.15, 0.2) is 18.3 Å². The summed E-state index contributed by atoms with van der Waals surface area (Å²) in [6, 6.07) is 4.14. The molecule has 4 bridgehead atoms. The summed E-state index contributed by atoms with van der Waals surface area (Å²) in [5.41, 5.74) is 1.53. The first-order chi connectivity index (χ1) is 8.66. The Morgan fingerprint density at radius 1 is 1.06 bits per heavy atom. The van der Waals surface area contributed by atoms with Gasteiger partial charge in [0.25, 0.3) is 0 Å². The highest BCUT2D eigenvalue weighted by molar-refractivity contribution is 5.26. The van der Waals surface area contributed by atoms with Crippen molar-refractivity contribution in [1.82, 2.24) is 4.98 Å². The molecule has 0 saturated heterocycles. The summed E-state index contributed by atoms with van der Waals surface area (Å²) in [5.74, 6) is 2.76. The molecule has 96 valence electrons. The summed E-state index contributed by atoms with van der Waals surface area (Å²) in [6.45, 7) is 2.00. The van der Waals surface area contributed by atoms with Gasteiger partial charge in [-0.2, -0.15) is 0 Å². The molecule has 2 nitrogen and oxygen atoms in total. The van der Waals surface area contributed by atoms with E-state index in [1.54, 1.807) is 0 Å². The molecule has 0 amide bonds. The van der Waals surface area contributed by atoms with Crippen molar-refractivity contribution in [2.24, 2.45) is 23.7 Å². The topological polar surface area (TPSA) is 33.1 Å². The molecule has 0 spiro atoms. The first-order valence-corrected chi connectivity index (χ1v) is 7.31. The van der Waals surface area contributed by atoms with Crippen LogP contribution in [-0.2, 0) is 5.60 Å². The van der Waals surface area contributed by atoms with Gasteiger partial charge in [0.05, 0.1) is 5.60 Å². The van der Waals surface area contributed by atoms with Gasteiger partial charge >= 0.3 is 0 Å². The smallest absolute Gasteiger partial charge is 0.0967 e. The van der Waals surface area contributed by atoms with Crippen molar-refractivity contribution in [3.05, 3.63) is 29.6 Å². The average Bonchev–Trinajstić information content (AvgIpc) is 2.35. The molecule has 4 saturated carbocycles. The summed E-state index contributed by atoms with van der Waals surface area (Å²) < 4.78 is 0. The fourth-order valence-corrected chi connectivity index (χ4v) is 5.08. The number of aromatic nitrogens is 1. The SMILES string of the molecule is Cc1ccc(C2(O)C3CC4CC(C3)CC2C4)cn1. The Balaban J connectivity index is 1.76. The zero-order valence-corrected chi connectivity index (χ0v) is 11.0. The molecule has 18 heavy (non-hydrogen) atoms. The van der Waals surface area contributed by atoms with Crippen LogP contribution in [0.2, 0.25) is 0 Å². The third-order valence-electron chi connectivity index (χ3n) is 5.76. The lowest BCUT2D eigenvalue weighted by Crippen LogP contribution is -2.55. The molecule has 1 aromatic heterocycles. The van der Waals surface area contributed by atoms with Crippen LogP contribution < -0.4 is 0 Å². The molecule has 0 atom stereocenters. The molecule has 4 fully saturated rings. The van der Waals surface area contributed by atoms with Crippen LogP contribution in [-0.4, -0.2) is 10.1 Å². The van der Waals surface area contributed by atoms with Crippen LogP contribution in [0.1, 0.15) is 43.4 Å². The quantitative estimate of drug-likeness (QED) is 0.822. The number of pyridine rings is 1. The molecule has 2 heteroatoms. The Labute approximate surface area is 108 Å². The summed E-state index contributed by atoms with van der Waals surface area (Å²) in [6.07, 6.45) is 8.27. The van der Waals surface area contributed by atoms with Crippen LogP contribution in [0.4, 0.5) is 0 Å². The first kappa shape index (κ1) is 11.0. The van der Waals surface area contributed by atoms with E-state index in [1.807, 2.05) is 19.2 Å². The molecule has 5 rings (SSSR count). The van der Waals surface area contributed by atoms with E-state index in [0.29, 0.717) is 11.8 Å². The second-order valence-corrected chi connectivity index (χ2v) is 6.82. The molecule has 1 aromatic rings. The Hall–Kier alpha value is -0.890. The highest BCUT2D eigenvalue weighted by Gasteiger charge is 2.57. The van der Waals surface area contributed by atoms with Gasteiger partial charge in [-0.05, 0) is 68.8 Å². The van der Waals surface area contributed by atoms with E-state index in [2.05, 4.69) is 11.1 Å². The Morgan fingerprint density at radius 2 is 1.67 bits per heavy atom. The van der Waals surface area contributed by atoms with Crippen molar-refractivity contribution >= 4 is 0 Å². The largest absolute Gasteiger partial charge is 0.385 e. The van der Waals surface area contributed by atoms with Crippen molar-refractivity contribution < 1.29 is 5.11 Å². The Bertz CT molecular complexity index is 436. The second-order valence-electron chi connectivity index (χ2n) is 6.82. The van der Waals surface area contributed by atoms with Gasteiger partial charge < -0.3 is 5.11 Å². The van der Waals surface area contributed by atoms with Gasteiger partial charge in [0.1, 0.15) is 0 Å². The molecule has 0 aliphatic heterocycles. The van der Waals surface area contributed by atoms with E-state index in [0.717, 1.165) is 23.1 Å². The van der Waals surface area contributed by atoms with Crippen LogP contribution >= 0.6 is 0 Å². The van der Waals surface area contributed by atoms with Crippen LogP contribution in [0.3, 0.4) is 0 Å². The highest BCUT2D eigenvalue weighted by Crippen LogP contribution is 2.61. The van der Waals surface area contributed by atoms with Gasteiger partial charge in [-0.15, -0.1) is 0 Å². The molecule has 0 unspecified atom stereocenters. The second kappa shape index (κ2) is 3.57. The van der Waals surface area contributed by atoms with Gasteiger partial charge in [0.15, 0.2) is 0 Å². The van der Waals surface area contributed by atoms with Crippen molar-refractivity contribution in [3.63, 3.8) is 0 Å². The summed E-state index contributed by atoms with van der Waals surface area (Å²) in [4.78, 5) is 4.40. The van der Waals surface area contributed by atoms with E-state index in [1.165, 1.54) is 32.1 Å². The maximum atomic E-state index is 11.3. The van der Waals surface area contributed by atoms with Gasteiger partial charge in [-0.1, -0.05) is 6.07 Å². The molecule has 4 aliphatic rings. The maximum absolute atomic E-state index is 11.3. The monoisotopic (exact) mass is 243 g/mol. The molecule has 0 radical (unpaired) electrons. The Kier molecular flexibility index (Phi) is 2.18. The van der Waals surface area contributed by atoms with E-state index in [-0.39, 0.29) is 0 Å². The molecule has 1 N–H and O–H groups in total. The zero-order valence-electron chi connectivity index (χ0n) is 11.0. The molecular weight excluding hydrogens is 222 g/mol. The number of aliphatic hydroxyl groups is 1. The van der Waals surface area contributed by atoms with Crippen LogP contribution in [0.5, 0.6) is 0 Å². The fourth-order valence-electron chi connectivity index (χ4n) is 5.08. The molecule has 1 heterocycles. The Morgan fingerprint density at radius 3 is 2.17 bits per heavy atom. The molecule has 4 aliphatic carbocycles. The summed E-state index contributed by atoms with van der Waals surface area (Å²) >= 11 is 0. The van der Waals surface area contributed by atoms with Crippen molar-refractivity contribution in [2.75, 3.05) is 0 Å². The first-order valence-electron chi connectivity index (χ1n) is 7.31. The summed E-state index contributed by atoms with van der Waals surface area (Å²) in [5, 5.41) is 11.3. The van der Waals surface area contributed by atoms with Gasteiger partial charge in [-0.25, -0.2) is 0 Å². The normalized spacial score (nSPS) is 45.4. The lowest BCUT2D eigenvalue weighted by molar-refractivity contribution is -0.179. The summed E-state index contributed by atoms with van der Waals surface area (Å²) in [7, 11) is 0. The molecular formula is C16H21NO. The minimum atomic E-state index is -0.575. The van der Waals surface area contributed by atoms with Crippen molar-refractivity contribution in [2.45, 2.75) is 44.6 Å². The van der Waals surface area contributed by atoms with Crippen molar-refractivity contribution in [1.29, 1.82) is 0 Å². The number of nitrogens with zero attached hydrogens (tertiary/aromatic N) is 1. The third-order valence-corrected chi connectivity index (χ3v) is 5.76. The molecule has 0 aromatic carbocycles. The highest BCUT2D eigenvalue weighted by atomic mass is 16.3. The number of hydrogen-bond acceptors (Lipinski definition) is 2. The van der Waals surface area contributed by atoms with E-state index in [4.69, 9.17) is 0 Å². The predicted molar refractivity (Wildman–Crippen MR) is 69.9 cm³/mol. The van der Waals surface area contributed by atoms with Gasteiger partial charge in [0.2, 0.25) is 0 Å². The minimum absolute atomic E-state index is 0.484. The average molecular weight is 243 g/mol. The number of hydrogen-bond donors (Lipinski definition) is 1. The predicted octanol–water partition coefficient (Wildman–Crippen LogP) is 3.03. The number of aryl methyl sites for hydroxylation is 1. The van der Waals surface area contributed by atoms with E-state index >= 15 is 0 Å². The van der Waals surface area contributed by atoms with Crippen LogP contribution in [0, 0.1) is 30.6 Å². The standard InChI is InChI=1S/C16H21NO/c1-10-2-3-13(9-17-10)16(18)14-5-11-4-12(7-14)8-15(16)6-11/h2-3,9,11-12,14-15,18H,4-8H2,1H3. The van der Waals surface area contributed by atoms with Crippen molar-refractivity contribution in [3.8, 4) is 0 Å². The lowest BCUT2D eigenvalue weighted by Gasteiger charge is -2.59. The lowest BCUT2D eigenvalue weighted by atomic mass is 9.48. The van der Waals surface area contributed by atoms with Gasteiger partial charge in [0, 0.05) is 17.5 Å². The fraction of sp³-hybridized carbons (Fsp3) is 0.688. The minimum Gasteiger partial charge on any atom is -0.385 e. The van der Waals surface area contributed by atoms with E-state index in [9.17, 15) is 5.11 Å². The maximum Gasteiger partial charge on any atom is 0.0967 e. The number of rotatable bonds is 1. The van der Waals surface area contributed by atoms with Crippen LogP contribution in [0.25, 0.3) is 0 Å². The third kappa shape index (κ3) is 1.36. The van der Waals surface area contributed by atoms with E-state index < -0.39 is 5.60 Å². The van der Waals surface area contributed by atoms with Gasteiger partial charge in [-0.3, -0.25) is 4.98 Å². The zero-order chi connectivity index (χ0) is 12.3.